The van der Waals surface area contributed by atoms with Crippen LogP contribution in [0.5, 0.6) is 0 Å². The first-order chi connectivity index (χ1) is 7.18. The first kappa shape index (κ1) is 10.6. The molecule has 1 aromatic carbocycles. The molecule has 15 heavy (non-hydrogen) atoms. The summed E-state index contributed by atoms with van der Waals surface area (Å²) in [5.74, 6) is 1.00. The normalized spacial score (nSPS) is 26.6. The molecule has 0 amide bonds. The van der Waals surface area contributed by atoms with E-state index in [4.69, 9.17) is 0 Å². The van der Waals surface area contributed by atoms with E-state index >= 15 is 0 Å². The van der Waals surface area contributed by atoms with Gasteiger partial charge in [0, 0.05) is 0 Å². The quantitative estimate of drug-likeness (QED) is 0.746. The first-order valence-corrected chi connectivity index (χ1v) is 5.65. The van der Waals surface area contributed by atoms with Gasteiger partial charge in [0.1, 0.15) is 5.82 Å². The summed E-state index contributed by atoms with van der Waals surface area (Å²) in [4.78, 5) is 0. The van der Waals surface area contributed by atoms with Gasteiger partial charge in [0.2, 0.25) is 0 Å². The molecule has 2 atom stereocenters. The zero-order valence-electron chi connectivity index (χ0n) is 9.39. The van der Waals surface area contributed by atoms with E-state index in [0.717, 1.165) is 19.5 Å². The smallest absolute Gasteiger partial charge is 0.123 e. The summed E-state index contributed by atoms with van der Waals surface area (Å²) in [6.45, 7) is 6.40. The summed E-state index contributed by atoms with van der Waals surface area (Å²) in [5, 5.41) is 3.37. The van der Waals surface area contributed by atoms with Crippen LogP contribution in [0, 0.1) is 18.7 Å². The van der Waals surface area contributed by atoms with Crippen LogP contribution in [0.3, 0.4) is 0 Å². The molecule has 0 aromatic heterocycles. The van der Waals surface area contributed by atoms with Gasteiger partial charge in [-0.05, 0) is 61.5 Å². The van der Waals surface area contributed by atoms with E-state index in [-0.39, 0.29) is 5.82 Å². The molecule has 1 aliphatic rings. The van der Waals surface area contributed by atoms with Gasteiger partial charge in [0.25, 0.3) is 0 Å². The Morgan fingerprint density at radius 3 is 2.93 bits per heavy atom. The summed E-state index contributed by atoms with van der Waals surface area (Å²) in [6.07, 6.45) is 1.12. The van der Waals surface area contributed by atoms with Gasteiger partial charge in [-0.2, -0.15) is 0 Å². The Morgan fingerprint density at radius 2 is 2.20 bits per heavy atom. The van der Waals surface area contributed by atoms with Crippen molar-refractivity contribution < 1.29 is 4.39 Å². The highest BCUT2D eigenvalue weighted by molar-refractivity contribution is 5.30. The molecule has 0 saturated carbocycles. The van der Waals surface area contributed by atoms with Gasteiger partial charge in [-0.3, -0.25) is 0 Å². The standard InChI is InChI=1S/C13H18FN/c1-9-3-4-11(14)7-13(9)12-5-6-15-8-10(12)2/h3-4,7,10,12,15H,5-6,8H2,1-2H3. The molecule has 0 aliphatic carbocycles. The number of hydrogen-bond acceptors (Lipinski definition) is 1. The number of halogens is 1. The van der Waals surface area contributed by atoms with Gasteiger partial charge in [-0.25, -0.2) is 4.39 Å². The molecule has 0 spiro atoms. The SMILES string of the molecule is Cc1ccc(F)cc1C1CCNCC1C. The van der Waals surface area contributed by atoms with E-state index in [1.807, 2.05) is 6.07 Å². The largest absolute Gasteiger partial charge is 0.316 e. The molecule has 2 rings (SSSR count). The topological polar surface area (TPSA) is 12.0 Å². The molecule has 1 nitrogen and oxygen atoms in total. The monoisotopic (exact) mass is 207 g/mol. The van der Waals surface area contributed by atoms with Crippen LogP contribution in [0.4, 0.5) is 4.39 Å². The zero-order chi connectivity index (χ0) is 10.8. The molecule has 1 fully saturated rings. The van der Waals surface area contributed by atoms with Crippen molar-refractivity contribution in [2.75, 3.05) is 13.1 Å². The molecule has 1 saturated heterocycles. The first-order valence-electron chi connectivity index (χ1n) is 5.65. The van der Waals surface area contributed by atoms with Gasteiger partial charge in [0.05, 0.1) is 0 Å². The molecule has 1 N–H and O–H groups in total. The van der Waals surface area contributed by atoms with Crippen LogP contribution in [0.15, 0.2) is 18.2 Å². The van der Waals surface area contributed by atoms with E-state index in [2.05, 4.69) is 19.2 Å². The Kier molecular flexibility index (Phi) is 3.06. The second kappa shape index (κ2) is 4.31. The Hall–Kier alpha value is -0.890. The number of aryl methyl sites for hydroxylation is 1. The number of piperidine rings is 1. The van der Waals surface area contributed by atoms with Crippen molar-refractivity contribution in [3.05, 3.63) is 35.1 Å². The maximum absolute atomic E-state index is 13.2. The third kappa shape index (κ3) is 2.20. The van der Waals surface area contributed by atoms with Crippen LogP contribution >= 0.6 is 0 Å². The Labute approximate surface area is 90.7 Å². The van der Waals surface area contributed by atoms with E-state index in [1.54, 1.807) is 12.1 Å². The van der Waals surface area contributed by atoms with Crippen molar-refractivity contribution in [2.45, 2.75) is 26.2 Å². The van der Waals surface area contributed by atoms with Crippen molar-refractivity contribution in [3.63, 3.8) is 0 Å². The molecule has 1 heterocycles. The minimum atomic E-state index is -0.110. The summed E-state index contributed by atoms with van der Waals surface area (Å²) in [5.41, 5.74) is 2.42. The van der Waals surface area contributed by atoms with Gasteiger partial charge in [-0.15, -0.1) is 0 Å². The minimum absolute atomic E-state index is 0.110. The minimum Gasteiger partial charge on any atom is -0.316 e. The number of benzene rings is 1. The Bertz CT molecular complexity index is 348. The summed E-state index contributed by atoms with van der Waals surface area (Å²) in [6, 6.07) is 5.14. The Morgan fingerprint density at radius 1 is 1.40 bits per heavy atom. The van der Waals surface area contributed by atoms with Crippen LogP contribution in [0.2, 0.25) is 0 Å². The van der Waals surface area contributed by atoms with Gasteiger partial charge < -0.3 is 5.32 Å². The fourth-order valence-corrected chi connectivity index (χ4v) is 2.49. The predicted octanol–water partition coefficient (Wildman–Crippen LogP) is 2.85. The summed E-state index contributed by atoms with van der Waals surface area (Å²) < 4.78 is 13.2. The molecule has 1 aromatic rings. The fourth-order valence-electron chi connectivity index (χ4n) is 2.49. The van der Waals surface area contributed by atoms with Crippen LogP contribution in [0.1, 0.15) is 30.4 Å². The molecule has 0 radical (unpaired) electrons. The molecule has 82 valence electrons. The van der Waals surface area contributed by atoms with Crippen molar-refractivity contribution >= 4 is 0 Å². The van der Waals surface area contributed by atoms with Gasteiger partial charge >= 0.3 is 0 Å². The summed E-state index contributed by atoms with van der Waals surface area (Å²) >= 11 is 0. The van der Waals surface area contributed by atoms with Crippen LogP contribution in [0.25, 0.3) is 0 Å². The van der Waals surface area contributed by atoms with E-state index in [0.29, 0.717) is 11.8 Å². The van der Waals surface area contributed by atoms with Gasteiger partial charge in [-0.1, -0.05) is 13.0 Å². The molecule has 1 aliphatic heterocycles. The second-order valence-corrected chi connectivity index (χ2v) is 4.58. The third-order valence-electron chi connectivity index (χ3n) is 3.43. The highest BCUT2D eigenvalue weighted by Crippen LogP contribution is 2.32. The van der Waals surface area contributed by atoms with Crippen LogP contribution in [-0.4, -0.2) is 13.1 Å². The maximum Gasteiger partial charge on any atom is 0.123 e. The van der Waals surface area contributed by atoms with Crippen LogP contribution in [-0.2, 0) is 0 Å². The number of nitrogens with one attached hydrogen (secondary N) is 1. The van der Waals surface area contributed by atoms with Crippen molar-refractivity contribution in [2.24, 2.45) is 5.92 Å². The average molecular weight is 207 g/mol. The number of rotatable bonds is 1. The van der Waals surface area contributed by atoms with Crippen LogP contribution < -0.4 is 5.32 Å². The van der Waals surface area contributed by atoms with E-state index in [9.17, 15) is 4.39 Å². The zero-order valence-corrected chi connectivity index (χ0v) is 9.39. The third-order valence-corrected chi connectivity index (χ3v) is 3.43. The molecule has 0 bridgehead atoms. The molecular weight excluding hydrogens is 189 g/mol. The Balaban J connectivity index is 2.30. The molecular formula is C13H18FN. The lowest BCUT2D eigenvalue weighted by Gasteiger charge is -2.30. The second-order valence-electron chi connectivity index (χ2n) is 4.58. The van der Waals surface area contributed by atoms with Crippen molar-refractivity contribution in [3.8, 4) is 0 Å². The van der Waals surface area contributed by atoms with E-state index < -0.39 is 0 Å². The molecule has 2 unspecified atom stereocenters. The fraction of sp³-hybridized carbons (Fsp3) is 0.538. The number of hydrogen-bond donors (Lipinski definition) is 1. The molecule has 2 heteroatoms. The van der Waals surface area contributed by atoms with E-state index in [1.165, 1.54) is 11.1 Å². The predicted molar refractivity (Wildman–Crippen MR) is 60.5 cm³/mol. The lowest BCUT2D eigenvalue weighted by atomic mass is 9.80. The summed E-state index contributed by atoms with van der Waals surface area (Å²) in [7, 11) is 0. The lowest BCUT2D eigenvalue weighted by molar-refractivity contribution is 0.348. The van der Waals surface area contributed by atoms with Crippen molar-refractivity contribution in [1.82, 2.24) is 5.32 Å². The maximum atomic E-state index is 13.2. The van der Waals surface area contributed by atoms with Crippen molar-refractivity contribution in [1.29, 1.82) is 0 Å². The highest BCUT2D eigenvalue weighted by atomic mass is 19.1. The average Bonchev–Trinajstić information content (AvgIpc) is 2.23. The highest BCUT2D eigenvalue weighted by Gasteiger charge is 2.23. The van der Waals surface area contributed by atoms with Gasteiger partial charge in [0.15, 0.2) is 0 Å². The lowest BCUT2D eigenvalue weighted by Crippen LogP contribution is -2.34.